The number of hydrogen-bond acceptors (Lipinski definition) is 2. The molecule has 21 heavy (non-hydrogen) atoms. The molecule has 1 amide bonds. The van der Waals surface area contributed by atoms with E-state index < -0.39 is 0 Å². The number of carbonyl (C=O) groups is 1. The lowest BCUT2D eigenvalue weighted by Gasteiger charge is -2.32. The highest BCUT2D eigenvalue weighted by Gasteiger charge is 2.19. The Morgan fingerprint density at radius 2 is 1.95 bits per heavy atom. The van der Waals surface area contributed by atoms with Crippen molar-refractivity contribution >= 4 is 5.91 Å². The van der Waals surface area contributed by atoms with Crippen molar-refractivity contribution in [3.8, 4) is 0 Å². The molecule has 1 aromatic rings. The number of amides is 1. The molecule has 1 saturated heterocycles. The van der Waals surface area contributed by atoms with Gasteiger partial charge in [-0.3, -0.25) is 4.79 Å². The Morgan fingerprint density at radius 3 is 2.57 bits per heavy atom. The van der Waals surface area contributed by atoms with Gasteiger partial charge in [-0.05, 0) is 49.9 Å². The summed E-state index contributed by atoms with van der Waals surface area (Å²) >= 11 is 0. The van der Waals surface area contributed by atoms with E-state index in [0.717, 1.165) is 38.0 Å². The van der Waals surface area contributed by atoms with Gasteiger partial charge in [0.25, 0.3) is 0 Å². The van der Waals surface area contributed by atoms with Crippen LogP contribution in [0.1, 0.15) is 38.2 Å². The van der Waals surface area contributed by atoms with Crippen LogP contribution in [0, 0.1) is 5.82 Å². The Morgan fingerprint density at radius 1 is 1.29 bits per heavy atom. The number of rotatable bonds is 6. The summed E-state index contributed by atoms with van der Waals surface area (Å²) in [7, 11) is 0. The molecule has 0 saturated carbocycles. The predicted octanol–water partition coefficient (Wildman–Crippen LogP) is 2.75. The van der Waals surface area contributed by atoms with Crippen LogP contribution in [0.3, 0.4) is 0 Å². The third-order valence-corrected chi connectivity index (χ3v) is 4.05. The standard InChI is InChI=1S/C17H25FN2O/c1-2-11-20-12-9-16(10-13-20)19-17(21)8-5-14-3-6-15(18)7-4-14/h3-4,6-7,16H,2,5,8-13H2,1H3,(H,19,21). The second-order valence-corrected chi connectivity index (χ2v) is 5.81. The first-order chi connectivity index (χ1) is 10.2. The molecule has 1 heterocycles. The zero-order valence-corrected chi connectivity index (χ0v) is 12.8. The fourth-order valence-electron chi connectivity index (χ4n) is 2.83. The van der Waals surface area contributed by atoms with Gasteiger partial charge in [0.1, 0.15) is 5.82 Å². The Kier molecular flexibility index (Phi) is 6.18. The number of benzene rings is 1. The van der Waals surface area contributed by atoms with E-state index in [-0.39, 0.29) is 11.7 Å². The van der Waals surface area contributed by atoms with Crippen molar-refractivity contribution in [1.82, 2.24) is 10.2 Å². The largest absolute Gasteiger partial charge is 0.353 e. The average Bonchev–Trinajstić information content (AvgIpc) is 2.49. The van der Waals surface area contributed by atoms with Gasteiger partial charge in [0.2, 0.25) is 5.91 Å². The molecule has 2 rings (SSSR count). The first-order valence-corrected chi connectivity index (χ1v) is 7.93. The molecule has 0 bridgehead atoms. The highest BCUT2D eigenvalue weighted by Crippen LogP contribution is 2.11. The van der Waals surface area contributed by atoms with Crippen molar-refractivity contribution in [3.63, 3.8) is 0 Å². The summed E-state index contributed by atoms with van der Waals surface area (Å²) in [6.07, 6.45) is 4.42. The average molecular weight is 292 g/mol. The van der Waals surface area contributed by atoms with Gasteiger partial charge in [0.05, 0.1) is 0 Å². The van der Waals surface area contributed by atoms with E-state index in [4.69, 9.17) is 0 Å². The summed E-state index contributed by atoms with van der Waals surface area (Å²) < 4.78 is 12.8. The van der Waals surface area contributed by atoms with Crippen molar-refractivity contribution in [3.05, 3.63) is 35.6 Å². The van der Waals surface area contributed by atoms with Crippen molar-refractivity contribution in [1.29, 1.82) is 0 Å². The lowest BCUT2D eigenvalue weighted by atomic mass is 10.0. The van der Waals surface area contributed by atoms with E-state index in [2.05, 4.69) is 17.1 Å². The highest BCUT2D eigenvalue weighted by molar-refractivity contribution is 5.76. The number of halogens is 1. The number of nitrogens with one attached hydrogen (secondary N) is 1. The second kappa shape index (κ2) is 8.13. The predicted molar refractivity (Wildman–Crippen MR) is 82.6 cm³/mol. The maximum Gasteiger partial charge on any atom is 0.220 e. The number of likely N-dealkylation sites (tertiary alicyclic amines) is 1. The first-order valence-electron chi connectivity index (χ1n) is 7.93. The molecule has 116 valence electrons. The van der Waals surface area contributed by atoms with Gasteiger partial charge in [0, 0.05) is 25.6 Å². The van der Waals surface area contributed by atoms with Gasteiger partial charge in [-0.15, -0.1) is 0 Å². The van der Waals surface area contributed by atoms with E-state index in [1.165, 1.54) is 18.6 Å². The molecule has 1 aromatic carbocycles. The Hall–Kier alpha value is -1.42. The van der Waals surface area contributed by atoms with E-state index in [0.29, 0.717) is 18.9 Å². The minimum Gasteiger partial charge on any atom is -0.353 e. The summed E-state index contributed by atoms with van der Waals surface area (Å²) in [4.78, 5) is 14.4. The molecular formula is C17H25FN2O. The third-order valence-electron chi connectivity index (χ3n) is 4.05. The Labute approximate surface area is 126 Å². The van der Waals surface area contributed by atoms with Crippen LogP contribution in [0.15, 0.2) is 24.3 Å². The smallest absolute Gasteiger partial charge is 0.220 e. The molecule has 1 aliphatic heterocycles. The van der Waals surface area contributed by atoms with Gasteiger partial charge in [0.15, 0.2) is 0 Å². The molecular weight excluding hydrogens is 267 g/mol. The Bertz CT molecular complexity index is 439. The number of aryl methyl sites for hydroxylation is 1. The zero-order chi connectivity index (χ0) is 15.1. The van der Waals surface area contributed by atoms with Gasteiger partial charge in [-0.2, -0.15) is 0 Å². The molecule has 1 N–H and O–H groups in total. The molecule has 0 spiro atoms. The number of carbonyl (C=O) groups excluding carboxylic acids is 1. The van der Waals surface area contributed by atoms with E-state index in [1.807, 2.05) is 0 Å². The second-order valence-electron chi connectivity index (χ2n) is 5.81. The van der Waals surface area contributed by atoms with Crippen molar-refractivity contribution in [2.45, 2.75) is 45.1 Å². The highest BCUT2D eigenvalue weighted by atomic mass is 19.1. The van der Waals surface area contributed by atoms with Crippen LogP contribution in [0.2, 0.25) is 0 Å². The maximum absolute atomic E-state index is 12.8. The topological polar surface area (TPSA) is 32.3 Å². The summed E-state index contributed by atoms with van der Waals surface area (Å²) in [5.41, 5.74) is 1.00. The molecule has 3 nitrogen and oxygen atoms in total. The molecule has 4 heteroatoms. The molecule has 0 atom stereocenters. The van der Waals surface area contributed by atoms with Crippen LogP contribution >= 0.6 is 0 Å². The maximum atomic E-state index is 12.8. The van der Waals surface area contributed by atoms with Crippen LogP contribution in [0.25, 0.3) is 0 Å². The van der Waals surface area contributed by atoms with Crippen molar-refractivity contribution in [2.75, 3.05) is 19.6 Å². The number of hydrogen-bond donors (Lipinski definition) is 1. The molecule has 1 fully saturated rings. The van der Waals surface area contributed by atoms with Crippen molar-refractivity contribution in [2.24, 2.45) is 0 Å². The fraction of sp³-hybridized carbons (Fsp3) is 0.588. The quantitative estimate of drug-likeness (QED) is 0.874. The summed E-state index contributed by atoms with van der Waals surface area (Å²) in [5, 5.41) is 3.12. The Balaban J connectivity index is 1.67. The van der Waals surface area contributed by atoms with Crippen LogP contribution in [0.4, 0.5) is 4.39 Å². The van der Waals surface area contributed by atoms with E-state index >= 15 is 0 Å². The first kappa shape index (κ1) is 16.0. The van der Waals surface area contributed by atoms with Gasteiger partial charge in [-0.1, -0.05) is 19.1 Å². The lowest BCUT2D eigenvalue weighted by molar-refractivity contribution is -0.122. The summed E-state index contributed by atoms with van der Waals surface area (Å²) in [6, 6.07) is 6.68. The van der Waals surface area contributed by atoms with Gasteiger partial charge >= 0.3 is 0 Å². The summed E-state index contributed by atoms with van der Waals surface area (Å²) in [6.45, 7) is 5.52. The third kappa shape index (κ3) is 5.46. The van der Waals surface area contributed by atoms with E-state index in [1.54, 1.807) is 12.1 Å². The minimum absolute atomic E-state index is 0.105. The van der Waals surface area contributed by atoms with Crippen LogP contribution in [0.5, 0.6) is 0 Å². The normalized spacial score (nSPS) is 16.9. The lowest BCUT2D eigenvalue weighted by Crippen LogP contribution is -2.44. The minimum atomic E-state index is -0.234. The fourth-order valence-corrected chi connectivity index (χ4v) is 2.83. The SMILES string of the molecule is CCCN1CCC(NC(=O)CCc2ccc(F)cc2)CC1. The molecule has 0 aliphatic carbocycles. The molecule has 0 radical (unpaired) electrons. The number of nitrogens with zero attached hydrogens (tertiary/aromatic N) is 1. The molecule has 0 unspecified atom stereocenters. The summed E-state index contributed by atoms with van der Waals surface area (Å²) in [5.74, 6) is -0.129. The van der Waals surface area contributed by atoms with Crippen LogP contribution in [-0.2, 0) is 11.2 Å². The van der Waals surface area contributed by atoms with Crippen LogP contribution < -0.4 is 5.32 Å². The van der Waals surface area contributed by atoms with Gasteiger partial charge < -0.3 is 10.2 Å². The van der Waals surface area contributed by atoms with Gasteiger partial charge in [-0.25, -0.2) is 4.39 Å². The molecule has 0 aromatic heterocycles. The number of piperidine rings is 1. The monoisotopic (exact) mass is 292 g/mol. The van der Waals surface area contributed by atoms with Crippen molar-refractivity contribution < 1.29 is 9.18 Å². The van der Waals surface area contributed by atoms with E-state index in [9.17, 15) is 9.18 Å². The molecule has 1 aliphatic rings. The zero-order valence-electron chi connectivity index (χ0n) is 12.8. The van der Waals surface area contributed by atoms with Crippen LogP contribution in [-0.4, -0.2) is 36.5 Å².